The van der Waals surface area contributed by atoms with Crippen LogP contribution in [-0.4, -0.2) is 42.8 Å². The highest BCUT2D eigenvalue weighted by molar-refractivity contribution is 5.21. The molecule has 0 amide bonds. The second-order valence-corrected chi connectivity index (χ2v) is 8.68. The van der Waals surface area contributed by atoms with Gasteiger partial charge >= 0.3 is 0 Å². The van der Waals surface area contributed by atoms with Gasteiger partial charge in [-0.2, -0.15) is 14.7 Å². The van der Waals surface area contributed by atoms with Crippen molar-refractivity contribution in [3.63, 3.8) is 0 Å². The average Bonchev–Trinajstić information content (AvgIpc) is 2.96. The van der Waals surface area contributed by atoms with Gasteiger partial charge in [0.05, 0.1) is 0 Å². The van der Waals surface area contributed by atoms with Crippen LogP contribution >= 0.6 is 0 Å². The summed E-state index contributed by atoms with van der Waals surface area (Å²) in [7, 11) is 0. The topological polar surface area (TPSA) is 58.6 Å². The summed E-state index contributed by atoms with van der Waals surface area (Å²) in [4.78, 5) is 36.2. The van der Waals surface area contributed by atoms with Crippen LogP contribution in [-0.2, 0) is 14.7 Å². The maximum Gasteiger partial charge on any atom is 0.165 e. The van der Waals surface area contributed by atoms with Crippen LogP contribution in [0.25, 0.3) is 0 Å². The number of benzene rings is 3. The third kappa shape index (κ3) is 9.70. The fourth-order valence-corrected chi connectivity index (χ4v) is 4.11. The van der Waals surface area contributed by atoms with Crippen LogP contribution in [0.5, 0.6) is 17.2 Å². The quantitative estimate of drug-likeness (QED) is 0.140. The molecule has 0 aliphatic carbocycles. The summed E-state index contributed by atoms with van der Waals surface area (Å²) in [5.74, 6) is 2.01. The van der Waals surface area contributed by atoms with E-state index in [2.05, 4.69) is 25.7 Å². The van der Waals surface area contributed by atoms with Gasteiger partial charge in [0.1, 0.15) is 19.8 Å². The molecular weight excluding hydrogens is 470 g/mol. The highest BCUT2D eigenvalue weighted by atomic mass is 17.2. The molecule has 0 heterocycles. The molecule has 37 heavy (non-hydrogen) atoms. The Labute approximate surface area is 220 Å². The van der Waals surface area contributed by atoms with Crippen LogP contribution in [0.15, 0.2) is 91.0 Å². The maximum atomic E-state index is 5.70. The first kappa shape index (κ1) is 28.5. The monoisotopic (exact) mass is 509 g/mol. The smallest absolute Gasteiger partial charge is 0.165 e. The van der Waals surface area contributed by atoms with Gasteiger partial charge in [-0.3, -0.25) is 4.90 Å². The van der Waals surface area contributed by atoms with Crippen molar-refractivity contribution < 1.29 is 29.3 Å². The third-order valence-corrected chi connectivity index (χ3v) is 6.16. The van der Waals surface area contributed by atoms with Crippen molar-refractivity contribution in [1.29, 1.82) is 0 Å². The number of para-hydroxylation sites is 3. The Balaban J connectivity index is 1.67. The van der Waals surface area contributed by atoms with Crippen LogP contribution in [0, 0.1) is 0 Å². The van der Waals surface area contributed by atoms with E-state index in [1.165, 1.54) is 0 Å². The second kappa shape index (κ2) is 16.6. The maximum absolute atomic E-state index is 5.70. The van der Waals surface area contributed by atoms with Crippen molar-refractivity contribution in [1.82, 2.24) is 4.90 Å². The molecule has 3 aromatic carbocycles. The zero-order valence-corrected chi connectivity index (χ0v) is 22.0. The fraction of sp³-hybridized carbons (Fsp3) is 0.400. The molecule has 3 unspecified atom stereocenters. The molecule has 0 saturated heterocycles. The number of hydrogen-bond donors (Lipinski definition) is 0. The molecule has 3 aromatic rings. The summed E-state index contributed by atoms with van der Waals surface area (Å²) in [6.45, 7) is 7.59. The van der Waals surface area contributed by atoms with Crippen molar-refractivity contribution in [2.75, 3.05) is 19.8 Å². The third-order valence-electron chi connectivity index (χ3n) is 6.16. The Kier molecular flexibility index (Phi) is 12.8. The lowest BCUT2D eigenvalue weighted by atomic mass is 10.0. The fourth-order valence-electron chi connectivity index (χ4n) is 4.11. The Hall–Kier alpha value is -3.10. The Bertz CT molecular complexity index is 832. The molecule has 3 rings (SSSR count). The van der Waals surface area contributed by atoms with Crippen LogP contribution in [0.2, 0.25) is 0 Å². The lowest BCUT2D eigenvalue weighted by molar-refractivity contribution is -0.248. The average molecular weight is 510 g/mol. The van der Waals surface area contributed by atoms with E-state index in [1.54, 1.807) is 0 Å². The molecular formula is C30H39NO6. The van der Waals surface area contributed by atoms with E-state index < -0.39 is 0 Å². The Morgan fingerprint density at radius 1 is 0.459 bits per heavy atom. The lowest BCUT2D eigenvalue weighted by Crippen LogP contribution is -2.54. The molecule has 0 aliphatic heterocycles. The molecule has 0 aliphatic rings. The van der Waals surface area contributed by atoms with Gasteiger partial charge in [-0.15, -0.1) is 0 Å². The minimum absolute atomic E-state index is 0.0549. The number of nitrogens with zero attached hydrogens (tertiary/aromatic N) is 1. The second-order valence-electron chi connectivity index (χ2n) is 8.68. The van der Waals surface area contributed by atoms with E-state index in [0.717, 1.165) is 19.3 Å². The minimum atomic E-state index is 0.0549. The van der Waals surface area contributed by atoms with Gasteiger partial charge in [0, 0.05) is 18.1 Å². The SMILES string of the molecule is CCC(COOc1ccccc1)N(C(CC)COOc1ccccc1)C(CC)COOc1ccccc1. The molecule has 0 bridgehead atoms. The Morgan fingerprint density at radius 2 is 0.730 bits per heavy atom. The molecule has 0 radical (unpaired) electrons. The van der Waals surface area contributed by atoms with E-state index in [4.69, 9.17) is 29.3 Å². The first-order valence-corrected chi connectivity index (χ1v) is 13.1. The summed E-state index contributed by atoms with van der Waals surface area (Å²) in [5, 5.41) is 0. The van der Waals surface area contributed by atoms with Crippen molar-refractivity contribution >= 4 is 0 Å². The van der Waals surface area contributed by atoms with Gasteiger partial charge < -0.3 is 14.7 Å². The van der Waals surface area contributed by atoms with Gasteiger partial charge in [-0.05, 0) is 55.7 Å². The van der Waals surface area contributed by atoms with Crippen LogP contribution in [0.4, 0.5) is 0 Å². The largest absolute Gasteiger partial charge is 0.338 e. The summed E-state index contributed by atoms with van der Waals surface area (Å²) >= 11 is 0. The van der Waals surface area contributed by atoms with Crippen molar-refractivity contribution in [3.8, 4) is 17.2 Å². The highest BCUT2D eigenvalue weighted by Gasteiger charge is 2.32. The summed E-state index contributed by atoms with van der Waals surface area (Å²) < 4.78 is 0. The number of rotatable bonds is 18. The minimum Gasteiger partial charge on any atom is -0.338 e. The standard InChI is InChI=1S/C30H39NO6/c1-4-25(22-32-35-28-16-10-7-11-17-28)31(26(5-2)23-33-36-29-18-12-8-13-19-29)27(6-3)24-34-37-30-20-14-9-15-21-30/h7-21,25-27H,4-6,22-24H2,1-3H3. The number of hydrogen-bond acceptors (Lipinski definition) is 7. The van der Waals surface area contributed by atoms with Gasteiger partial charge in [-0.1, -0.05) is 75.4 Å². The lowest BCUT2D eigenvalue weighted by Gasteiger charge is -2.41. The molecule has 7 heteroatoms. The van der Waals surface area contributed by atoms with Gasteiger partial charge in [0.25, 0.3) is 0 Å². The molecule has 3 atom stereocenters. The van der Waals surface area contributed by atoms with Crippen molar-refractivity contribution in [3.05, 3.63) is 91.0 Å². The highest BCUT2D eigenvalue weighted by Crippen LogP contribution is 2.22. The Morgan fingerprint density at radius 3 is 0.973 bits per heavy atom. The van der Waals surface area contributed by atoms with E-state index in [-0.39, 0.29) is 18.1 Å². The molecule has 0 saturated carbocycles. The molecule has 0 spiro atoms. The molecule has 0 aromatic heterocycles. The van der Waals surface area contributed by atoms with Gasteiger partial charge in [-0.25, -0.2) is 0 Å². The first-order valence-electron chi connectivity index (χ1n) is 13.1. The normalized spacial score (nSPS) is 13.6. The molecule has 0 fully saturated rings. The van der Waals surface area contributed by atoms with Gasteiger partial charge in [0.2, 0.25) is 0 Å². The van der Waals surface area contributed by atoms with Crippen LogP contribution < -0.4 is 14.7 Å². The zero-order chi connectivity index (χ0) is 26.1. The summed E-state index contributed by atoms with van der Waals surface area (Å²) in [5.41, 5.74) is 0. The van der Waals surface area contributed by atoms with E-state index in [1.807, 2.05) is 91.0 Å². The van der Waals surface area contributed by atoms with Crippen LogP contribution in [0.3, 0.4) is 0 Å². The van der Waals surface area contributed by atoms with Crippen molar-refractivity contribution in [2.24, 2.45) is 0 Å². The van der Waals surface area contributed by atoms with Crippen LogP contribution in [0.1, 0.15) is 40.0 Å². The first-order chi connectivity index (χ1) is 18.2. The van der Waals surface area contributed by atoms with Gasteiger partial charge in [0.15, 0.2) is 17.2 Å². The predicted molar refractivity (Wildman–Crippen MR) is 143 cm³/mol. The zero-order valence-electron chi connectivity index (χ0n) is 22.0. The summed E-state index contributed by atoms with van der Waals surface area (Å²) in [6, 6.07) is 28.7. The van der Waals surface area contributed by atoms with Crippen molar-refractivity contribution in [2.45, 2.75) is 58.2 Å². The summed E-state index contributed by atoms with van der Waals surface area (Å²) in [6.07, 6.45) is 2.55. The predicted octanol–water partition coefficient (Wildman–Crippen LogP) is 6.66. The molecule has 200 valence electrons. The van der Waals surface area contributed by atoms with E-state index in [0.29, 0.717) is 37.1 Å². The molecule has 0 N–H and O–H groups in total. The molecule has 7 nitrogen and oxygen atoms in total. The van der Waals surface area contributed by atoms with E-state index >= 15 is 0 Å². The van der Waals surface area contributed by atoms with E-state index in [9.17, 15) is 0 Å².